The van der Waals surface area contributed by atoms with Crippen molar-refractivity contribution < 1.29 is 19.1 Å². The van der Waals surface area contributed by atoms with Gasteiger partial charge in [0.1, 0.15) is 11.6 Å². The van der Waals surface area contributed by atoms with E-state index >= 15 is 0 Å². The van der Waals surface area contributed by atoms with Gasteiger partial charge in [0.15, 0.2) is 0 Å². The van der Waals surface area contributed by atoms with Gasteiger partial charge in [0.25, 0.3) is 0 Å². The van der Waals surface area contributed by atoms with E-state index in [1.54, 1.807) is 16.2 Å². The number of carbonyl (C=O) groups is 3. The molecule has 4 heterocycles. The molecule has 1 spiro atoms. The quantitative estimate of drug-likeness (QED) is 0.644. The maximum Gasteiger partial charge on any atom is 0.246 e. The third-order valence-corrected chi connectivity index (χ3v) is 8.65. The number of carbonyl (C=O) groups excluding carboxylic acids is 3. The molecule has 2 aliphatic carbocycles. The molecule has 5 atom stereocenters. The maximum atomic E-state index is 13.7. The van der Waals surface area contributed by atoms with Gasteiger partial charge in [-0.1, -0.05) is 37.5 Å². The van der Waals surface area contributed by atoms with E-state index in [1.165, 1.54) is 6.42 Å². The number of hydrogen-bond acceptors (Lipinski definition) is 5. The molecule has 170 valence electrons. The molecular weight excluding hydrogens is 426 g/mol. The number of likely N-dealkylation sites (tertiary alicyclic amines) is 1. The molecule has 3 amide bonds. The van der Waals surface area contributed by atoms with Crippen molar-refractivity contribution in [1.29, 1.82) is 0 Å². The third kappa shape index (κ3) is 3.14. The zero-order valence-corrected chi connectivity index (χ0v) is 18.8. The zero-order valence-electron chi connectivity index (χ0n) is 18.0. The molecule has 0 aromatic carbocycles. The first-order valence-electron chi connectivity index (χ1n) is 11.9. The van der Waals surface area contributed by atoms with Crippen molar-refractivity contribution in [3.8, 4) is 0 Å². The second-order valence-electron chi connectivity index (χ2n) is 9.82. The highest BCUT2D eigenvalue weighted by molar-refractivity contribution is 7.09. The lowest BCUT2D eigenvalue weighted by molar-refractivity contribution is -0.142. The Kier molecular flexibility index (Phi) is 4.91. The number of hydrogen-bond donors (Lipinski definition) is 2. The van der Waals surface area contributed by atoms with Crippen molar-refractivity contribution in [2.45, 2.75) is 81.3 Å². The number of fused-ring (bicyclic) bond motifs is 1. The van der Waals surface area contributed by atoms with Crippen LogP contribution in [0.5, 0.6) is 0 Å². The Morgan fingerprint density at radius 2 is 1.97 bits per heavy atom. The summed E-state index contributed by atoms with van der Waals surface area (Å²) in [6.45, 7) is 0.440. The molecular formula is C24H29N3O4S. The van der Waals surface area contributed by atoms with Crippen molar-refractivity contribution in [2.75, 3.05) is 0 Å². The van der Waals surface area contributed by atoms with Gasteiger partial charge < -0.3 is 20.3 Å². The fourth-order valence-corrected chi connectivity index (χ4v) is 6.83. The minimum atomic E-state index is -1.03. The molecule has 1 aromatic rings. The van der Waals surface area contributed by atoms with Crippen LogP contribution in [-0.4, -0.2) is 52.5 Å². The van der Waals surface area contributed by atoms with E-state index < -0.39 is 29.6 Å². The van der Waals surface area contributed by atoms with Crippen LogP contribution in [0.25, 0.3) is 0 Å². The van der Waals surface area contributed by atoms with Gasteiger partial charge in [-0.2, -0.15) is 0 Å². The van der Waals surface area contributed by atoms with E-state index in [-0.39, 0.29) is 29.8 Å². The Labute approximate surface area is 191 Å². The summed E-state index contributed by atoms with van der Waals surface area (Å²) in [6, 6.07) is 3.48. The first kappa shape index (κ1) is 20.4. The summed E-state index contributed by atoms with van der Waals surface area (Å²) < 4.78 is 6.36. The number of ether oxygens (including phenoxy) is 1. The number of nitrogens with zero attached hydrogens (tertiary/aromatic N) is 1. The minimum absolute atomic E-state index is 0.0791. The van der Waals surface area contributed by atoms with Crippen LogP contribution >= 0.6 is 11.3 Å². The monoisotopic (exact) mass is 455 g/mol. The van der Waals surface area contributed by atoms with Gasteiger partial charge in [0, 0.05) is 17.0 Å². The molecule has 6 rings (SSSR count). The van der Waals surface area contributed by atoms with Crippen LogP contribution in [-0.2, 0) is 25.7 Å². The lowest BCUT2D eigenvalue weighted by Crippen LogP contribution is -2.57. The van der Waals surface area contributed by atoms with Gasteiger partial charge in [-0.3, -0.25) is 14.4 Å². The van der Waals surface area contributed by atoms with Crippen LogP contribution in [0.4, 0.5) is 0 Å². The van der Waals surface area contributed by atoms with Crippen LogP contribution in [0.1, 0.15) is 49.8 Å². The normalized spacial score (nSPS) is 35.9. The molecule has 2 saturated carbocycles. The van der Waals surface area contributed by atoms with Crippen LogP contribution < -0.4 is 10.6 Å². The van der Waals surface area contributed by atoms with E-state index in [4.69, 9.17) is 4.74 Å². The van der Waals surface area contributed by atoms with Crippen LogP contribution in [0, 0.1) is 11.8 Å². The van der Waals surface area contributed by atoms with Crippen molar-refractivity contribution in [3.05, 3.63) is 34.5 Å². The van der Waals surface area contributed by atoms with E-state index in [0.29, 0.717) is 6.54 Å². The lowest BCUT2D eigenvalue weighted by Gasteiger charge is -2.34. The molecule has 3 aliphatic heterocycles. The molecule has 7 nitrogen and oxygen atoms in total. The molecule has 2 bridgehead atoms. The van der Waals surface area contributed by atoms with E-state index in [0.717, 1.165) is 43.4 Å². The van der Waals surface area contributed by atoms with Crippen molar-refractivity contribution in [1.82, 2.24) is 15.5 Å². The molecule has 2 saturated heterocycles. The molecule has 8 heteroatoms. The second kappa shape index (κ2) is 7.70. The van der Waals surface area contributed by atoms with Gasteiger partial charge in [0.2, 0.25) is 17.7 Å². The SMILES string of the molecule is O=C(NCc1cccs1)[C@@H]1[C@@H]2C=C[C@]3(O2)[C@@H]1C(=O)N(C1CC1)[C@@H]3C(=O)NC1CCCCC1. The lowest BCUT2D eigenvalue weighted by atomic mass is 9.74. The smallest absolute Gasteiger partial charge is 0.246 e. The summed E-state index contributed by atoms with van der Waals surface area (Å²) in [5, 5.41) is 8.20. The van der Waals surface area contributed by atoms with E-state index in [9.17, 15) is 14.4 Å². The summed E-state index contributed by atoms with van der Waals surface area (Å²) in [4.78, 5) is 43.3. The molecule has 5 aliphatic rings. The number of rotatable bonds is 6. The summed E-state index contributed by atoms with van der Waals surface area (Å²) in [7, 11) is 0. The van der Waals surface area contributed by atoms with Gasteiger partial charge in [-0.05, 0) is 37.1 Å². The predicted octanol–water partition coefficient (Wildman–Crippen LogP) is 2.13. The van der Waals surface area contributed by atoms with Crippen LogP contribution in [0.15, 0.2) is 29.7 Å². The van der Waals surface area contributed by atoms with E-state index in [2.05, 4.69) is 10.6 Å². The third-order valence-electron chi connectivity index (χ3n) is 7.77. The molecule has 32 heavy (non-hydrogen) atoms. The maximum absolute atomic E-state index is 13.7. The molecule has 0 unspecified atom stereocenters. The number of amides is 3. The fraction of sp³-hybridized carbons (Fsp3) is 0.625. The van der Waals surface area contributed by atoms with Crippen molar-refractivity contribution in [2.24, 2.45) is 11.8 Å². The average molecular weight is 456 g/mol. The van der Waals surface area contributed by atoms with Crippen LogP contribution in [0.3, 0.4) is 0 Å². The molecule has 0 radical (unpaired) electrons. The van der Waals surface area contributed by atoms with Crippen LogP contribution in [0.2, 0.25) is 0 Å². The Bertz CT molecular complexity index is 952. The Hall–Kier alpha value is -2.19. The van der Waals surface area contributed by atoms with Crippen molar-refractivity contribution in [3.63, 3.8) is 0 Å². The molecule has 1 aromatic heterocycles. The predicted molar refractivity (Wildman–Crippen MR) is 119 cm³/mol. The van der Waals surface area contributed by atoms with Gasteiger partial charge in [-0.25, -0.2) is 0 Å². The highest BCUT2D eigenvalue weighted by Gasteiger charge is 2.74. The Morgan fingerprint density at radius 3 is 2.69 bits per heavy atom. The van der Waals surface area contributed by atoms with E-state index in [1.807, 2.05) is 29.7 Å². The standard InChI is InChI=1S/C24H29N3O4S/c28-21(25-13-16-7-4-12-32-16)18-17-10-11-24(31-17)19(18)23(30)27(15-8-9-15)20(24)22(29)26-14-5-2-1-3-6-14/h4,7,10-12,14-15,17-20H,1-3,5-6,8-9,13H2,(H,25,28)(H,26,29)/t17-,18+,19-,20+,24-/m0/s1. The zero-order chi connectivity index (χ0) is 21.9. The molecule has 4 fully saturated rings. The van der Waals surface area contributed by atoms with Gasteiger partial charge >= 0.3 is 0 Å². The van der Waals surface area contributed by atoms with Crippen molar-refractivity contribution >= 4 is 29.1 Å². The highest BCUT2D eigenvalue weighted by atomic mass is 32.1. The summed E-state index contributed by atoms with van der Waals surface area (Å²) >= 11 is 1.59. The Morgan fingerprint density at radius 1 is 1.16 bits per heavy atom. The fourth-order valence-electron chi connectivity index (χ4n) is 6.18. The minimum Gasteiger partial charge on any atom is -0.359 e. The Balaban J connectivity index is 1.26. The average Bonchev–Trinajstić information content (AvgIpc) is 3.15. The number of nitrogens with one attached hydrogen (secondary N) is 2. The first-order valence-corrected chi connectivity index (χ1v) is 12.8. The highest BCUT2D eigenvalue weighted by Crippen LogP contribution is 2.57. The summed E-state index contributed by atoms with van der Waals surface area (Å²) in [6.07, 6.45) is 10.6. The summed E-state index contributed by atoms with van der Waals surface area (Å²) in [5.74, 6) is -1.62. The van der Waals surface area contributed by atoms with Gasteiger partial charge in [-0.15, -0.1) is 11.3 Å². The largest absolute Gasteiger partial charge is 0.359 e. The number of thiophene rings is 1. The topological polar surface area (TPSA) is 87.7 Å². The second-order valence-corrected chi connectivity index (χ2v) is 10.9. The van der Waals surface area contributed by atoms with Gasteiger partial charge in [0.05, 0.1) is 24.5 Å². The molecule has 2 N–H and O–H groups in total. The first-order chi connectivity index (χ1) is 15.6. The summed E-state index contributed by atoms with van der Waals surface area (Å²) in [5.41, 5.74) is -1.03.